The van der Waals surface area contributed by atoms with Crippen molar-refractivity contribution in [2.24, 2.45) is 0 Å². The zero-order valence-electron chi connectivity index (χ0n) is 25.0. The highest BCUT2D eigenvalue weighted by Gasteiger charge is 2.35. The summed E-state index contributed by atoms with van der Waals surface area (Å²) >= 11 is 0. The van der Waals surface area contributed by atoms with E-state index in [2.05, 4.69) is 0 Å². The van der Waals surface area contributed by atoms with Crippen LogP contribution in [0.1, 0.15) is 49.0 Å². The standard InChI is InChI=1S/C36H32F5NO3/c1-23(43)35(2,3)28-9-6-8-27(19-28)25-13-11-24(12-14-25)20-42(21-29-16-18-33(44-29)36(39,40)41)22-31-30-10-5-4-7-26(30)15-17-32(31)45-34(37)38/h4-19,34H,20-22H2,1-3H3. The summed E-state index contributed by atoms with van der Waals surface area (Å²) in [6.45, 7) is 2.64. The fourth-order valence-electron chi connectivity index (χ4n) is 5.26. The molecule has 0 aliphatic carbocycles. The maximum Gasteiger partial charge on any atom is 0.449 e. The number of halogens is 5. The SMILES string of the molecule is CC(=O)C(C)(C)c1cccc(-c2ccc(CN(Cc3ccc(C(F)(F)F)o3)Cc3c(OC(F)F)ccc4ccccc34)cc2)c1. The molecule has 0 fully saturated rings. The molecule has 0 atom stereocenters. The Kier molecular flexibility index (Phi) is 9.11. The van der Waals surface area contributed by atoms with Gasteiger partial charge in [0.05, 0.1) is 6.54 Å². The number of fused-ring (bicyclic) bond motifs is 1. The van der Waals surface area contributed by atoms with Gasteiger partial charge in [-0.05, 0) is 72.0 Å². The monoisotopic (exact) mass is 621 g/mol. The van der Waals surface area contributed by atoms with Crippen molar-refractivity contribution in [2.75, 3.05) is 0 Å². The molecule has 5 rings (SSSR count). The van der Waals surface area contributed by atoms with Crippen molar-refractivity contribution < 1.29 is 35.9 Å². The molecule has 4 nitrogen and oxygen atoms in total. The maximum absolute atomic E-state index is 13.4. The minimum atomic E-state index is -4.64. The number of carbonyl (C=O) groups excluding carboxylic acids is 1. The van der Waals surface area contributed by atoms with Gasteiger partial charge in [0.25, 0.3) is 0 Å². The molecular formula is C36H32F5NO3. The van der Waals surface area contributed by atoms with Gasteiger partial charge in [-0.3, -0.25) is 9.69 Å². The molecule has 0 radical (unpaired) electrons. The Balaban J connectivity index is 1.47. The van der Waals surface area contributed by atoms with Gasteiger partial charge in [-0.2, -0.15) is 22.0 Å². The van der Waals surface area contributed by atoms with Crippen LogP contribution in [0.2, 0.25) is 0 Å². The van der Waals surface area contributed by atoms with E-state index in [1.54, 1.807) is 25.1 Å². The number of nitrogens with zero attached hydrogens (tertiary/aromatic N) is 1. The second-order valence-corrected chi connectivity index (χ2v) is 11.5. The predicted octanol–water partition coefficient (Wildman–Crippen LogP) is 9.79. The minimum Gasteiger partial charge on any atom is -0.455 e. The summed E-state index contributed by atoms with van der Waals surface area (Å²) in [5.74, 6) is -0.973. The van der Waals surface area contributed by atoms with Crippen LogP contribution in [0, 0.1) is 0 Å². The van der Waals surface area contributed by atoms with Crippen LogP contribution in [-0.2, 0) is 36.0 Å². The average Bonchev–Trinajstić information content (AvgIpc) is 3.48. The van der Waals surface area contributed by atoms with Crippen LogP contribution in [0.25, 0.3) is 21.9 Å². The zero-order valence-corrected chi connectivity index (χ0v) is 25.0. The number of hydrogen-bond donors (Lipinski definition) is 0. The van der Waals surface area contributed by atoms with Crippen molar-refractivity contribution in [3.63, 3.8) is 0 Å². The fraction of sp³-hybridized carbons (Fsp3) is 0.250. The number of carbonyl (C=O) groups is 1. The summed E-state index contributed by atoms with van der Waals surface area (Å²) in [6, 6.07) is 28.1. The van der Waals surface area contributed by atoms with Gasteiger partial charge in [0.1, 0.15) is 17.3 Å². The van der Waals surface area contributed by atoms with E-state index in [9.17, 15) is 26.7 Å². The van der Waals surface area contributed by atoms with Gasteiger partial charge in [0.15, 0.2) is 0 Å². The molecule has 0 bridgehead atoms. The first kappa shape index (κ1) is 31.9. The fourth-order valence-corrected chi connectivity index (χ4v) is 5.26. The molecule has 0 N–H and O–H groups in total. The van der Waals surface area contributed by atoms with Crippen LogP contribution in [0.3, 0.4) is 0 Å². The lowest BCUT2D eigenvalue weighted by molar-refractivity contribution is -0.153. The molecule has 9 heteroatoms. The average molecular weight is 622 g/mol. The van der Waals surface area contributed by atoms with E-state index < -0.39 is 24.0 Å². The minimum absolute atomic E-state index is 0.00663. The summed E-state index contributed by atoms with van der Waals surface area (Å²) in [7, 11) is 0. The number of alkyl halides is 5. The number of benzene rings is 4. The predicted molar refractivity (Wildman–Crippen MR) is 163 cm³/mol. The van der Waals surface area contributed by atoms with Crippen LogP contribution in [0.5, 0.6) is 5.75 Å². The normalized spacial score (nSPS) is 12.3. The molecule has 0 aliphatic heterocycles. The number of ether oxygens (including phenoxy) is 1. The van der Waals surface area contributed by atoms with Gasteiger partial charge in [-0.15, -0.1) is 0 Å². The van der Waals surface area contributed by atoms with E-state index in [1.807, 2.05) is 79.4 Å². The number of furan rings is 1. The highest BCUT2D eigenvalue weighted by molar-refractivity contribution is 5.88. The highest BCUT2D eigenvalue weighted by Crippen LogP contribution is 2.34. The Hall–Kier alpha value is -4.50. The summed E-state index contributed by atoms with van der Waals surface area (Å²) in [6.07, 6.45) is -4.64. The van der Waals surface area contributed by atoms with E-state index in [0.717, 1.165) is 33.7 Å². The third-order valence-electron chi connectivity index (χ3n) is 8.07. The number of Topliss-reactive ketones (excluding diaryl/α,β-unsaturated/α-hetero) is 1. The number of rotatable bonds is 11. The zero-order chi connectivity index (χ0) is 32.4. The van der Waals surface area contributed by atoms with Gasteiger partial charge >= 0.3 is 12.8 Å². The van der Waals surface area contributed by atoms with Crippen molar-refractivity contribution in [1.29, 1.82) is 0 Å². The van der Waals surface area contributed by atoms with Gasteiger partial charge in [-0.25, -0.2) is 0 Å². The molecular weight excluding hydrogens is 589 g/mol. The van der Waals surface area contributed by atoms with E-state index in [-0.39, 0.29) is 36.9 Å². The Morgan fingerprint density at radius 3 is 2.22 bits per heavy atom. The molecule has 45 heavy (non-hydrogen) atoms. The molecule has 0 amide bonds. The van der Waals surface area contributed by atoms with E-state index in [1.165, 1.54) is 12.1 Å². The molecule has 1 heterocycles. The Morgan fingerprint density at radius 2 is 1.56 bits per heavy atom. The lowest BCUT2D eigenvalue weighted by atomic mass is 9.80. The maximum atomic E-state index is 13.4. The van der Waals surface area contributed by atoms with Crippen molar-refractivity contribution in [1.82, 2.24) is 4.90 Å². The quantitative estimate of drug-likeness (QED) is 0.138. The first-order chi connectivity index (χ1) is 21.3. The van der Waals surface area contributed by atoms with Crippen LogP contribution in [-0.4, -0.2) is 17.3 Å². The summed E-state index contributed by atoms with van der Waals surface area (Å²) in [5.41, 5.74) is 3.45. The smallest absolute Gasteiger partial charge is 0.449 e. The van der Waals surface area contributed by atoms with Crippen LogP contribution >= 0.6 is 0 Å². The second kappa shape index (κ2) is 12.9. The molecule has 0 unspecified atom stereocenters. The first-order valence-corrected chi connectivity index (χ1v) is 14.4. The molecule has 234 valence electrons. The second-order valence-electron chi connectivity index (χ2n) is 11.5. The first-order valence-electron chi connectivity index (χ1n) is 14.4. The molecule has 0 spiro atoms. The van der Waals surface area contributed by atoms with Gasteiger partial charge < -0.3 is 9.15 Å². The number of hydrogen-bond acceptors (Lipinski definition) is 4. The van der Waals surface area contributed by atoms with Gasteiger partial charge in [0.2, 0.25) is 5.76 Å². The summed E-state index contributed by atoms with van der Waals surface area (Å²) in [5, 5.41) is 1.51. The van der Waals surface area contributed by atoms with E-state index in [0.29, 0.717) is 10.9 Å². The summed E-state index contributed by atoms with van der Waals surface area (Å²) < 4.78 is 76.6. The molecule has 0 saturated carbocycles. The van der Waals surface area contributed by atoms with Gasteiger partial charge in [0, 0.05) is 24.1 Å². The number of ketones is 1. The van der Waals surface area contributed by atoms with Crippen molar-refractivity contribution in [2.45, 2.75) is 58.6 Å². The molecule has 0 aliphatic rings. The molecule has 0 saturated heterocycles. The Labute approximate surface area is 258 Å². The van der Waals surface area contributed by atoms with E-state index >= 15 is 0 Å². The lowest BCUT2D eigenvalue weighted by Crippen LogP contribution is -2.26. The largest absolute Gasteiger partial charge is 0.455 e. The summed E-state index contributed by atoms with van der Waals surface area (Å²) in [4.78, 5) is 14.0. The Bertz CT molecular complexity index is 1790. The lowest BCUT2D eigenvalue weighted by Gasteiger charge is -2.24. The molecule has 5 aromatic rings. The third kappa shape index (κ3) is 7.42. The van der Waals surface area contributed by atoms with Crippen LogP contribution < -0.4 is 4.74 Å². The van der Waals surface area contributed by atoms with Crippen molar-refractivity contribution >= 4 is 16.6 Å². The van der Waals surface area contributed by atoms with Crippen LogP contribution in [0.15, 0.2) is 101 Å². The van der Waals surface area contributed by atoms with Crippen molar-refractivity contribution in [3.8, 4) is 16.9 Å². The van der Waals surface area contributed by atoms with Crippen LogP contribution in [0.4, 0.5) is 22.0 Å². The van der Waals surface area contributed by atoms with E-state index in [4.69, 9.17) is 9.15 Å². The molecule has 4 aromatic carbocycles. The topological polar surface area (TPSA) is 42.7 Å². The third-order valence-corrected chi connectivity index (χ3v) is 8.07. The van der Waals surface area contributed by atoms with Crippen molar-refractivity contribution in [3.05, 3.63) is 125 Å². The van der Waals surface area contributed by atoms with Gasteiger partial charge in [-0.1, -0.05) is 78.9 Å². The molecule has 1 aromatic heterocycles. The Morgan fingerprint density at radius 1 is 0.822 bits per heavy atom. The highest BCUT2D eigenvalue weighted by atomic mass is 19.4.